The predicted molar refractivity (Wildman–Crippen MR) is 94.5 cm³/mol. The fourth-order valence-corrected chi connectivity index (χ4v) is 2.75. The lowest BCUT2D eigenvalue weighted by Crippen LogP contribution is -2.34. The van der Waals surface area contributed by atoms with Gasteiger partial charge in [-0.1, -0.05) is 37.6 Å². The minimum Gasteiger partial charge on any atom is -0.369 e. The van der Waals surface area contributed by atoms with E-state index >= 15 is 0 Å². The summed E-state index contributed by atoms with van der Waals surface area (Å²) in [5, 5.41) is 0.836. The molecule has 0 fully saturated rings. The second-order valence-electron chi connectivity index (χ2n) is 5.91. The zero-order chi connectivity index (χ0) is 15.8. The quantitative estimate of drug-likeness (QED) is 0.758. The van der Waals surface area contributed by atoms with Crippen molar-refractivity contribution in [2.45, 2.75) is 39.2 Å². The number of rotatable bonds is 9. The Labute approximate surface area is 135 Å². The molecule has 0 heterocycles. The first-order valence-corrected chi connectivity index (χ1v) is 8.30. The first kappa shape index (κ1) is 18.3. The molecule has 0 aliphatic heterocycles. The summed E-state index contributed by atoms with van der Waals surface area (Å²) in [6.45, 7) is 7.36. The number of benzene rings is 1. The summed E-state index contributed by atoms with van der Waals surface area (Å²) < 4.78 is 0. The maximum Gasteiger partial charge on any atom is 0.0642 e. The number of hydrogen-bond donors (Lipinski definition) is 1. The van der Waals surface area contributed by atoms with E-state index in [-0.39, 0.29) is 6.04 Å². The van der Waals surface area contributed by atoms with Gasteiger partial charge in [-0.2, -0.15) is 0 Å². The normalized spacial score (nSPS) is 12.7. The molecule has 2 N–H and O–H groups in total. The Bertz CT molecular complexity index is 420. The highest BCUT2D eigenvalue weighted by molar-refractivity contribution is 6.33. The molecular formula is C17H30ClN3. The topological polar surface area (TPSA) is 32.5 Å². The summed E-state index contributed by atoms with van der Waals surface area (Å²) >= 11 is 6.51. The number of likely N-dealkylation sites (N-methyl/N-ethyl adjacent to an activating group) is 1. The van der Waals surface area contributed by atoms with Crippen LogP contribution in [0.2, 0.25) is 5.02 Å². The van der Waals surface area contributed by atoms with Gasteiger partial charge in [-0.3, -0.25) is 0 Å². The van der Waals surface area contributed by atoms with Crippen LogP contribution in [0.25, 0.3) is 0 Å². The molecule has 3 nitrogen and oxygen atoms in total. The minimum absolute atomic E-state index is 0.194. The number of halogens is 1. The van der Waals surface area contributed by atoms with Crippen LogP contribution in [0.4, 0.5) is 5.69 Å². The van der Waals surface area contributed by atoms with E-state index in [1.165, 1.54) is 11.3 Å². The molecule has 4 heteroatoms. The standard InChI is InChI=1S/C17H30ClN3/c1-5-10-21(12-11-20(3)4)17-14(13-15(19)6-2)8-7-9-16(17)18/h7-9,15H,5-6,10-13,19H2,1-4H3. The highest BCUT2D eigenvalue weighted by Gasteiger charge is 2.16. The maximum absolute atomic E-state index is 6.51. The van der Waals surface area contributed by atoms with E-state index in [2.05, 4.69) is 43.8 Å². The molecule has 0 spiro atoms. The van der Waals surface area contributed by atoms with Crippen LogP contribution in [0.3, 0.4) is 0 Å². The first-order valence-electron chi connectivity index (χ1n) is 7.92. The zero-order valence-corrected chi connectivity index (χ0v) is 14.7. The summed E-state index contributed by atoms with van der Waals surface area (Å²) in [5.41, 5.74) is 8.59. The number of hydrogen-bond acceptors (Lipinski definition) is 3. The molecule has 1 atom stereocenters. The van der Waals surface area contributed by atoms with Crippen LogP contribution < -0.4 is 10.6 Å². The third-order valence-electron chi connectivity index (χ3n) is 3.70. The van der Waals surface area contributed by atoms with Gasteiger partial charge in [0.25, 0.3) is 0 Å². The summed E-state index contributed by atoms with van der Waals surface area (Å²) in [6, 6.07) is 6.37. The largest absolute Gasteiger partial charge is 0.369 e. The molecule has 0 aliphatic rings. The van der Waals surface area contributed by atoms with Crippen LogP contribution in [-0.4, -0.2) is 44.7 Å². The smallest absolute Gasteiger partial charge is 0.0642 e. The van der Waals surface area contributed by atoms with Crippen LogP contribution in [0.1, 0.15) is 32.3 Å². The van der Waals surface area contributed by atoms with Crippen LogP contribution in [0, 0.1) is 0 Å². The molecule has 1 rings (SSSR count). The molecule has 0 aromatic heterocycles. The van der Waals surface area contributed by atoms with Crippen molar-refractivity contribution in [3.8, 4) is 0 Å². The monoisotopic (exact) mass is 311 g/mol. The van der Waals surface area contributed by atoms with Gasteiger partial charge in [0.2, 0.25) is 0 Å². The average Bonchev–Trinajstić information content (AvgIpc) is 2.44. The van der Waals surface area contributed by atoms with E-state index < -0.39 is 0 Å². The molecule has 0 saturated heterocycles. The second-order valence-corrected chi connectivity index (χ2v) is 6.32. The second kappa shape index (κ2) is 9.29. The van der Waals surface area contributed by atoms with Crippen molar-refractivity contribution in [3.05, 3.63) is 28.8 Å². The highest BCUT2D eigenvalue weighted by Crippen LogP contribution is 2.31. The first-order chi connectivity index (χ1) is 9.99. The third kappa shape index (κ3) is 5.85. The Morgan fingerprint density at radius 2 is 1.86 bits per heavy atom. The van der Waals surface area contributed by atoms with Crippen molar-refractivity contribution in [2.75, 3.05) is 38.6 Å². The van der Waals surface area contributed by atoms with E-state index in [0.717, 1.165) is 43.9 Å². The Kier molecular flexibility index (Phi) is 8.09. The van der Waals surface area contributed by atoms with Crippen molar-refractivity contribution in [1.82, 2.24) is 4.90 Å². The van der Waals surface area contributed by atoms with Crippen molar-refractivity contribution >= 4 is 17.3 Å². The van der Waals surface area contributed by atoms with E-state index in [9.17, 15) is 0 Å². The van der Waals surface area contributed by atoms with Gasteiger partial charge in [0.05, 0.1) is 10.7 Å². The molecule has 1 aromatic carbocycles. The van der Waals surface area contributed by atoms with Gasteiger partial charge in [-0.05, 0) is 45.0 Å². The van der Waals surface area contributed by atoms with Gasteiger partial charge < -0.3 is 15.5 Å². The van der Waals surface area contributed by atoms with Crippen LogP contribution >= 0.6 is 11.6 Å². The SMILES string of the molecule is CCCN(CCN(C)C)c1c(Cl)cccc1CC(N)CC. The molecule has 0 radical (unpaired) electrons. The summed E-state index contributed by atoms with van der Waals surface area (Å²) in [5.74, 6) is 0. The average molecular weight is 312 g/mol. The number of nitrogens with two attached hydrogens (primary N) is 1. The fourth-order valence-electron chi connectivity index (χ4n) is 2.43. The lowest BCUT2D eigenvalue weighted by Gasteiger charge is -2.29. The van der Waals surface area contributed by atoms with Gasteiger partial charge in [0, 0.05) is 25.7 Å². The van der Waals surface area contributed by atoms with Crippen molar-refractivity contribution in [1.29, 1.82) is 0 Å². The van der Waals surface area contributed by atoms with Gasteiger partial charge in [-0.25, -0.2) is 0 Å². The zero-order valence-electron chi connectivity index (χ0n) is 13.9. The Morgan fingerprint density at radius 1 is 1.14 bits per heavy atom. The van der Waals surface area contributed by atoms with Crippen molar-refractivity contribution < 1.29 is 0 Å². The summed E-state index contributed by atoms with van der Waals surface area (Å²) in [6.07, 6.45) is 2.98. The van der Waals surface area contributed by atoms with E-state index in [1.807, 2.05) is 12.1 Å². The van der Waals surface area contributed by atoms with Crippen LogP contribution in [0.5, 0.6) is 0 Å². The molecule has 0 amide bonds. The van der Waals surface area contributed by atoms with Crippen molar-refractivity contribution in [2.24, 2.45) is 5.73 Å². The molecule has 0 aliphatic carbocycles. The van der Waals surface area contributed by atoms with E-state index in [4.69, 9.17) is 17.3 Å². The Hall–Kier alpha value is -0.770. The molecule has 0 saturated carbocycles. The molecule has 1 aromatic rings. The lowest BCUT2D eigenvalue weighted by molar-refractivity contribution is 0.412. The minimum atomic E-state index is 0.194. The molecular weight excluding hydrogens is 282 g/mol. The molecule has 1 unspecified atom stereocenters. The molecule has 120 valence electrons. The van der Waals surface area contributed by atoms with Crippen LogP contribution in [0.15, 0.2) is 18.2 Å². The van der Waals surface area contributed by atoms with Crippen LogP contribution in [-0.2, 0) is 6.42 Å². The molecule has 0 bridgehead atoms. The van der Waals surface area contributed by atoms with Gasteiger partial charge in [0.15, 0.2) is 0 Å². The Balaban J connectivity index is 3.03. The number of para-hydroxylation sites is 1. The van der Waals surface area contributed by atoms with Gasteiger partial charge >= 0.3 is 0 Å². The van der Waals surface area contributed by atoms with Crippen molar-refractivity contribution in [3.63, 3.8) is 0 Å². The highest BCUT2D eigenvalue weighted by atomic mass is 35.5. The van der Waals surface area contributed by atoms with Gasteiger partial charge in [-0.15, -0.1) is 0 Å². The number of nitrogens with zero attached hydrogens (tertiary/aromatic N) is 2. The Morgan fingerprint density at radius 3 is 2.43 bits per heavy atom. The van der Waals surface area contributed by atoms with Gasteiger partial charge in [0.1, 0.15) is 0 Å². The fraction of sp³-hybridized carbons (Fsp3) is 0.647. The third-order valence-corrected chi connectivity index (χ3v) is 4.01. The van der Waals surface area contributed by atoms with E-state index in [0.29, 0.717) is 0 Å². The summed E-state index contributed by atoms with van der Waals surface area (Å²) in [4.78, 5) is 4.61. The summed E-state index contributed by atoms with van der Waals surface area (Å²) in [7, 11) is 4.20. The number of anilines is 1. The molecule has 21 heavy (non-hydrogen) atoms. The predicted octanol–water partition coefficient (Wildman–Crippen LogP) is 3.40. The van der Waals surface area contributed by atoms with E-state index in [1.54, 1.807) is 0 Å². The lowest BCUT2D eigenvalue weighted by atomic mass is 10.0. The maximum atomic E-state index is 6.51.